The SMILES string of the molecule is COC(=O)c1cc2c(N)nc(-c3cccc(C#N)c3)c(-c3ccncn3)n2n1. The smallest absolute Gasteiger partial charge is 0.358 e. The number of nitrogen functional groups attached to an aromatic ring is 1. The Labute approximate surface area is 159 Å². The molecule has 0 atom stereocenters. The number of nitrogens with zero attached hydrogens (tertiary/aromatic N) is 6. The molecule has 0 radical (unpaired) electrons. The van der Waals surface area contributed by atoms with E-state index in [4.69, 9.17) is 10.5 Å². The summed E-state index contributed by atoms with van der Waals surface area (Å²) in [5.74, 6) is -0.414. The summed E-state index contributed by atoms with van der Waals surface area (Å²) in [6.45, 7) is 0. The highest BCUT2D eigenvalue weighted by Crippen LogP contribution is 2.32. The Hall–Kier alpha value is -4.32. The summed E-state index contributed by atoms with van der Waals surface area (Å²) in [5, 5.41) is 13.6. The van der Waals surface area contributed by atoms with Crippen molar-refractivity contribution in [1.29, 1.82) is 5.26 Å². The van der Waals surface area contributed by atoms with E-state index in [1.165, 1.54) is 24.0 Å². The van der Waals surface area contributed by atoms with Crippen LogP contribution in [0, 0.1) is 11.3 Å². The minimum absolute atomic E-state index is 0.0919. The lowest BCUT2D eigenvalue weighted by molar-refractivity contribution is 0.0593. The average molecular weight is 371 g/mol. The minimum atomic E-state index is -0.593. The van der Waals surface area contributed by atoms with Crippen LogP contribution in [0.2, 0.25) is 0 Å². The molecule has 9 heteroatoms. The summed E-state index contributed by atoms with van der Waals surface area (Å²) in [6.07, 6.45) is 2.99. The van der Waals surface area contributed by atoms with Gasteiger partial charge in [-0.15, -0.1) is 0 Å². The summed E-state index contributed by atoms with van der Waals surface area (Å²) >= 11 is 0. The van der Waals surface area contributed by atoms with Crippen LogP contribution < -0.4 is 5.73 Å². The molecule has 136 valence electrons. The van der Waals surface area contributed by atoms with Crippen molar-refractivity contribution in [2.45, 2.75) is 0 Å². The van der Waals surface area contributed by atoms with Gasteiger partial charge in [0.2, 0.25) is 0 Å². The molecule has 28 heavy (non-hydrogen) atoms. The van der Waals surface area contributed by atoms with Gasteiger partial charge in [-0.05, 0) is 18.2 Å². The highest BCUT2D eigenvalue weighted by Gasteiger charge is 2.21. The zero-order valence-electron chi connectivity index (χ0n) is 14.7. The highest BCUT2D eigenvalue weighted by molar-refractivity contribution is 5.91. The van der Waals surface area contributed by atoms with Gasteiger partial charge in [0.1, 0.15) is 29.0 Å². The number of fused-ring (bicyclic) bond motifs is 1. The van der Waals surface area contributed by atoms with Crippen LogP contribution in [-0.4, -0.2) is 37.6 Å². The molecule has 0 amide bonds. The Morgan fingerprint density at radius 2 is 2.14 bits per heavy atom. The molecule has 0 aliphatic rings. The number of esters is 1. The maximum Gasteiger partial charge on any atom is 0.358 e. The molecule has 4 aromatic rings. The van der Waals surface area contributed by atoms with Crippen LogP contribution in [-0.2, 0) is 4.74 Å². The lowest BCUT2D eigenvalue weighted by Gasteiger charge is -2.12. The zero-order valence-corrected chi connectivity index (χ0v) is 14.7. The Bertz CT molecular complexity index is 1240. The molecule has 0 fully saturated rings. The van der Waals surface area contributed by atoms with Crippen molar-refractivity contribution in [2.24, 2.45) is 0 Å². The van der Waals surface area contributed by atoms with Gasteiger partial charge in [-0.2, -0.15) is 10.4 Å². The third kappa shape index (κ3) is 2.79. The van der Waals surface area contributed by atoms with Crippen molar-refractivity contribution in [2.75, 3.05) is 12.8 Å². The molecule has 4 rings (SSSR count). The van der Waals surface area contributed by atoms with E-state index in [0.29, 0.717) is 33.7 Å². The minimum Gasteiger partial charge on any atom is -0.464 e. The van der Waals surface area contributed by atoms with E-state index in [9.17, 15) is 10.1 Å². The number of carbonyl (C=O) groups excluding carboxylic acids is 1. The van der Waals surface area contributed by atoms with Gasteiger partial charge < -0.3 is 10.5 Å². The summed E-state index contributed by atoms with van der Waals surface area (Å²) in [5.41, 5.74) is 9.33. The number of rotatable bonds is 3. The van der Waals surface area contributed by atoms with E-state index in [2.05, 4.69) is 26.1 Å². The Balaban J connectivity index is 2.09. The second kappa shape index (κ2) is 6.77. The van der Waals surface area contributed by atoms with E-state index < -0.39 is 5.97 Å². The topological polar surface area (TPSA) is 132 Å². The van der Waals surface area contributed by atoms with E-state index >= 15 is 0 Å². The summed E-state index contributed by atoms with van der Waals surface area (Å²) in [4.78, 5) is 24.7. The first-order valence-corrected chi connectivity index (χ1v) is 8.17. The Morgan fingerprint density at radius 1 is 1.29 bits per heavy atom. The van der Waals surface area contributed by atoms with Gasteiger partial charge in [-0.25, -0.2) is 24.3 Å². The maximum absolute atomic E-state index is 12.0. The molecule has 0 unspecified atom stereocenters. The fraction of sp³-hybridized carbons (Fsp3) is 0.0526. The molecule has 9 nitrogen and oxygen atoms in total. The first-order valence-electron chi connectivity index (χ1n) is 8.17. The number of aromatic nitrogens is 5. The maximum atomic E-state index is 12.0. The third-order valence-corrected chi connectivity index (χ3v) is 4.12. The molecule has 0 aliphatic heterocycles. The van der Waals surface area contributed by atoms with Crippen molar-refractivity contribution in [3.63, 3.8) is 0 Å². The van der Waals surface area contributed by atoms with E-state index in [1.807, 2.05) is 6.07 Å². The zero-order chi connectivity index (χ0) is 19.7. The second-order valence-electron chi connectivity index (χ2n) is 5.80. The molecular weight excluding hydrogens is 358 g/mol. The van der Waals surface area contributed by atoms with Crippen LogP contribution >= 0.6 is 0 Å². The first kappa shape index (κ1) is 17.1. The summed E-state index contributed by atoms with van der Waals surface area (Å²) in [7, 11) is 1.28. The first-order chi connectivity index (χ1) is 13.6. The van der Waals surface area contributed by atoms with Gasteiger partial charge in [0.25, 0.3) is 0 Å². The van der Waals surface area contributed by atoms with Crippen molar-refractivity contribution in [3.05, 3.63) is 60.2 Å². The number of benzene rings is 1. The fourth-order valence-electron chi connectivity index (χ4n) is 2.87. The van der Waals surface area contributed by atoms with Crippen molar-refractivity contribution < 1.29 is 9.53 Å². The lowest BCUT2D eigenvalue weighted by Crippen LogP contribution is -2.07. The van der Waals surface area contributed by atoms with Crippen molar-refractivity contribution in [3.8, 4) is 28.7 Å². The van der Waals surface area contributed by atoms with Gasteiger partial charge in [-0.1, -0.05) is 12.1 Å². The van der Waals surface area contributed by atoms with Crippen LogP contribution in [0.3, 0.4) is 0 Å². The van der Waals surface area contributed by atoms with Crippen LogP contribution in [0.25, 0.3) is 28.2 Å². The molecule has 3 aromatic heterocycles. The Kier molecular flexibility index (Phi) is 4.14. The van der Waals surface area contributed by atoms with Crippen LogP contribution in [0.4, 0.5) is 5.82 Å². The van der Waals surface area contributed by atoms with Crippen molar-refractivity contribution in [1.82, 2.24) is 24.6 Å². The molecule has 0 aliphatic carbocycles. The molecule has 1 aromatic carbocycles. The normalized spacial score (nSPS) is 10.6. The standard InChI is InChI=1S/C19H13N7O2/c1-28-19(27)14-8-15-18(21)24-16(12-4-2-3-11(7-12)9-20)17(26(15)25-14)13-5-6-22-10-23-13/h2-8,10H,1H3,(H2,21,24). The molecular formula is C19H13N7O2. The monoisotopic (exact) mass is 371 g/mol. The average Bonchev–Trinajstić information content (AvgIpc) is 3.19. The second-order valence-corrected chi connectivity index (χ2v) is 5.80. The van der Waals surface area contributed by atoms with Gasteiger partial charge >= 0.3 is 5.97 Å². The molecule has 0 saturated heterocycles. The number of anilines is 1. The fourth-order valence-corrected chi connectivity index (χ4v) is 2.87. The highest BCUT2D eigenvalue weighted by atomic mass is 16.5. The Morgan fingerprint density at radius 3 is 2.86 bits per heavy atom. The largest absolute Gasteiger partial charge is 0.464 e. The number of nitrogens with two attached hydrogens (primary N) is 1. The molecule has 0 saturated carbocycles. The van der Waals surface area contributed by atoms with Crippen molar-refractivity contribution >= 4 is 17.3 Å². The summed E-state index contributed by atoms with van der Waals surface area (Å²) in [6, 6.07) is 12.3. The molecule has 2 N–H and O–H groups in total. The van der Waals surface area contributed by atoms with Gasteiger partial charge in [0.15, 0.2) is 5.69 Å². The predicted molar refractivity (Wildman–Crippen MR) is 99.9 cm³/mol. The third-order valence-electron chi connectivity index (χ3n) is 4.12. The van der Waals surface area contributed by atoms with Gasteiger partial charge in [-0.3, -0.25) is 0 Å². The number of ether oxygens (including phenoxy) is 1. The number of hydrogen-bond acceptors (Lipinski definition) is 8. The molecule has 3 heterocycles. The van der Waals surface area contributed by atoms with Crippen LogP contribution in [0.15, 0.2) is 48.9 Å². The quantitative estimate of drug-likeness (QED) is 0.541. The molecule has 0 bridgehead atoms. The van der Waals surface area contributed by atoms with Gasteiger partial charge in [0.05, 0.1) is 24.4 Å². The van der Waals surface area contributed by atoms with E-state index in [-0.39, 0.29) is 11.5 Å². The number of hydrogen-bond donors (Lipinski definition) is 1. The number of methoxy groups -OCH3 is 1. The van der Waals surface area contributed by atoms with Gasteiger partial charge in [0, 0.05) is 17.8 Å². The molecule has 0 spiro atoms. The van der Waals surface area contributed by atoms with E-state index in [0.717, 1.165) is 0 Å². The van der Waals surface area contributed by atoms with E-state index in [1.54, 1.807) is 30.5 Å². The van der Waals surface area contributed by atoms with Crippen LogP contribution in [0.1, 0.15) is 16.1 Å². The number of nitriles is 1. The lowest BCUT2D eigenvalue weighted by atomic mass is 10.0. The number of carbonyl (C=O) groups is 1. The van der Waals surface area contributed by atoms with Crippen LogP contribution in [0.5, 0.6) is 0 Å². The summed E-state index contributed by atoms with van der Waals surface area (Å²) < 4.78 is 6.26. The predicted octanol–water partition coefficient (Wildman–Crippen LogP) is 2.09.